The van der Waals surface area contributed by atoms with Gasteiger partial charge in [-0.3, -0.25) is 9.48 Å². The average Bonchev–Trinajstić information content (AvgIpc) is 2.77. The van der Waals surface area contributed by atoms with Crippen LogP contribution in [0.2, 0.25) is 0 Å². The van der Waals surface area contributed by atoms with Gasteiger partial charge in [0.25, 0.3) is 5.91 Å². The molecule has 1 amide bonds. The van der Waals surface area contributed by atoms with Crippen LogP contribution in [0.15, 0.2) is 6.20 Å². The molecule has 0 radical (unpaired) electrons. The first kappa shape index (κ1) is 15.5. The Morgan fingerprint density at radius 1 is 1.48 bits per heavy atom. The number of piperidine rings is 1. The molecule has 0 spiro atoms. The smallest absolute Gasteiger partial charge is 0.326 e. The molecule has 1 fully saturated rings. The number of carbonyl (C=O) groups is 2. The number of aryl methyl sites for hydroxylation is 2. The summed E-state index contributed by atoms with van der Waals surface area (Å²) in [6, 6.07) is -0.788. The van der Waals surface area contributed by atoms with E-state index < -0.39 is 17.4 Å². The first-order valence-corrected chi connectivity index (χ1v) is 7.34. The molecule has 1 N–H and O–H groups in total. The largest absolute Gasteiger partial charge is 0.480 e. The first-order valence-electron chi connectivity index (χ1n) is 7.34. The summed E-state index contributed by atoms with van der Waals surface area (Å²) in [5, 5.41) is 13.8. The molecule has 116 valence electrons. The van der Waals surface area contributed by atoms with E-state index in [4.69, 9.17) is 0 Å². The van der Waals surface area contributed by atoms with Crippen molar-refractivity contribution in [3.8, 4) is 0 Å². The zero-order chi connectivity index (χ0) is 15.8. The highest BCUT2D eigenvalue weighted by atomic mass is 16.4. The molecule has 0 bridgehead atoms. The zero-order valence-electron chi connectivity index (χ0n) is 13.1. The summed E-state index contributed by atoms with van der Waals surface area (Å²) in [5.41, 5.74) is 0.813. The van der Waals surface area contributed by atoms with Crippen molar-refractivity contribution in [1.29, 1.82) is 0 Å². The lowest BCUT2D eigenvalue weighted by molar-refractivity contribution is -0.148. The molecule has 1 aliphatic rings. The molecule has 1 unspecified atom stereocenters. The lowest BCUT2D eigenvalue weighted by Gasteiger charge is -2.43. The second kappa shape index (κ2) is 5.50. The highest BCUT2D eigenvalue weighted by Gasteiger charge is 2.45. The Morgan fingerprint density at radius 3 is 2.71 bits per heavy atom. The number of aromatic nitrogens is 2. The second-order valence-electron chi connectivity index (χ2n) is 6.35. The molecule has 0 saturated carbocycles. The predicted octanol–water partition coefficient (Wildman–Crippen LogP) is 1.70. The van der Waals surface area contributed by atoms with Gasteiger partial charge < -0.3 is 10.0 Å². The Kier molecular flexibility index (Phi) is 4.07. The summed E-state index contributed by atoms with van der Waals surface area (Å²) in [5.74, 6) is -1.16. The van der Waals surface area contributed by atoms with Crippen LogP contribution in [0.1, 0.15) is 49.7 Å². The van der Waals surface area contributed by atoms with E-state index in [2.05, 4.69) is 5.10 Å². The summed E-state index contributed by atoms with van der Waals surface area (Å²) in [4.78, 5) is 26.0. The molecule has 21 heavy (non-hydrogen) atoms. The highest BCUT2D eigenvalue weighted by molar-refractivity contribution is 5.97. The molecule has 6 nitrogen and oxygen atoms in total. The van der Waals surface area contributed by atoms with Crippen LogP contribution in [-0.2, 0) is 18.3 Å². The van der Waals surface area contributed by atoms with Gasteiger partial charge in [-0.1, -0.05) is 20.8 Å². The Morgan fingerprint density at radius 2 is 2.14 bits per heavy atom. The maximum atomic E-state index is 12.8. The highest BCUT2D eigenvalue weighted by Crippen LogP contribution is 2.36. The number of carbonyl (C=O) groups excluding carboxylic acids is 1. The molecule has 1 saturated heterocycles. The van der Waals surface area contributed by atoms with Gasteiger partial charge in [-0.05, 0) is 24.7 Å². The third-order valence-electron chi connectivity index (χ3n) is 4.24. The molecule has 2 heterocycles. The van der Waals surface area contributed by atoms with Crippen LogP contribution in [0.5, 0.6) is 0 Å². The van der Waals surface area contributed by atoms with Crippen molar-refractivity contribution in [2.75, 3.05) is 6.54 Å². The molecule has 2 rings (SSSR count). The number of carboxylic acids is 1. The van der Waals surface area contributed by atoms with Gasteiger partial charge in [-0.2, -0.15) is 5.10 Å². The monoisotopic (exact) mass is 293 g/mol. The van der Waals surface area contributed by atoms with Crippen LogP contribution in [0.3, 0.4) is 0 Å². The van der Waals surface area contributed by atoms with Gasteiger partial charge in [0, 0.05) is 19.8 Å². The maximum Gasteiger partial charge on any atom is 0.326 e. The molecular formula is C15H23N3O3. The van der Waals surface area contributed by atoms with E-state index >= 15 is 0 Å². The number of amides is 1. The lowest BCUT2D eigenvalue weighted by Crippen LogP contribution is -2.56. The standard InChI is InChI=1S/C15H23N3O3/c1-5-11-10(9-17(4)16-11)13(19)18-8-6-7-15(2,3)12(18)14(20)21/h9,12H,5-8H2,1-4H3,(H,20,21). The van der Waals surface area contributed by atoms with Crippen LogP contribution < -0.4 is 0 Å². The number of aliphatic carboxylic acids is 1. The Bertz CT molecular complexity index is 563. The molecule has 6 heteroatoms. The third kappa shape index (κ3) is 2.80. The molecular weight excluding hydrogens is 270 g/mol. The lowest BCUT2D eigenvalue weighted by atomic mass is 9.76. The van der Waals surface area contributed by atoms with Crippen molar-refractivity contribution >= 4 is 11.9 Å². The first-order chi connectivity index (χ1) is 9.77. The van der Waals surface area contributed by atoms with Crippen LogP contribution in [-0.4, -0.2) is 44.3 Å². The predicted molar refractivity (Wildman–Crippen MR) is 78.1 cm³/mol. The number of likely N-dealkylation sites (tertiary alicyclic amines) is 1. The van der Waals surface area contributed by atoms with E-state index in [1.165, 1.54) is 4.90 Å². The summed E-state index contributed by atoms with van der Waals surface area (Å²) in [6.45, 7) is 6.25. The molecule has 0 aliphatic carbocycles. The van der Waals surface area contributed by atoms with Gasteiger partial charge in [0.1, 0.15) is 6.04 Å². The quantitative estimate of drug-likeness (QED) is 0.920. The summed E-state index contributed by atoms with van der Waals surface area (Å²) >= 11 is 0. The van der Waals surface area contributed by atoms with Crippen molar-refractivity contribution in [2.24, 2.45) is 12.5 Å². The van der Waals surface area contributed by atoms with E-state index in [1.807, 2.05) is 20.8 Å². The molecule has 1 aliphatic heterocycles. The normalized spacial score (nSPS) is 21.3. The number of carboxylic acid groups (broad SMARTS) is 1. The summed E-state index contributed by atoms with van der Waals surface area (Å²) in [6.07, 6.45) is 3.96. The van der Waals surface area contributed by atoms with E-state index in [-0.39, 0.29) is 5.91 Å². The summed E-state index contributed by atoms with van der Waals surface area (Å²) in [7, 11) is 1.77. The fourth-order valence-corrected chi connectivity index (χ4v) is 3.21. The van der Waals surface area contributed by atoms with Crippen molar-refractivity contribution < 1.29 is 14.7 Å². The van der Waals surface area contributed by atoms with Crippen molar-refractivity contribution in [3.63, 3.8) is 0 Å². The average molecular weight is 293 g/mol. The number of nitrogens with zero attached hydrogens (tertiary/aromatic N) is 3. The van der Waals surface area contributed by atoms with E-state index in [0.717, 1.165) is 18.5 Å². The maximum absolute atomic E-state index is 12.8. The van der Waals surface area contributed by atoms with Crippen LogP contribution in [0, 0.1) is 5.41 Å². The van der Waals surface area contributed by atoms with Gasteiger partial charge in [0.2, 0.25) is 0 Å². The SMILES string of the molecule is CCc1nn(C)cc1C(=O)N1CCCC(C)(C)C1C(=O)O. The third-order valence-corrected chi connectivity index (χ3v) is 4.24. The number of rotatable bonds is 3. The Labute approximate surface area is 124 Å². The van der Waals surface area contributed by atoms with Gasteiger partial charge in [-0.15, -0.1) is 0 Å². The molecule has 1 atom stereocenters. The van der Waals surface area contributed by atoms with Crippen LogP contribution in [0.4, 0.5) is 0 Å². The summed E-state index contributed by atoms with van der Waals surface area (Å²) < 4.78 is 1.61. The van der Waals surface area contributed by atoms with Gasteiger partial charge >= 0.3 is 5.97 Å². The van der Waals surface area contributed by atoms with Gasteiger partial charge in [0.05, 0.1) is 11.3 Å². The minimum atomic E-state index is -0.935. The van der Waals surface area contributed by atoms with E-state index in [9.17, 15) is 14.7 Å². The minimum Gasteiger partial charge on any atom is -0.480 e. The second-order valence-corrected chi connectivity index (χ2v) is 6.35. The van der Waals surface area contributed by atoms with Crippen LogP contribution >= 0.6 is 0 Å². The van der Waals surface area contributed by atoms with Gasteiger partial charge in [0.15, 0.2) is 0 Å². The van der Waals surface area contributed by atoms with E-state index in [0.29, 0.717) is 18.5 Å². The molecule has 1 aromatic heterocycles. The van der Waals surface area contributed by atoms with Crippen molar-refractivity contribution in [3.05, 3.63) is 17.5 Å². The van der Waals surface area contributed by atoms with Gasteiger partial charge in [-0.25, -0.2) is 4.79 Å². The van der Waals surface area contributed by atoms with Crippen molar-refractivity contribution in [1.82, 2.24) is 14.7 Å². The molecule has 1 aromatic rings. The number of hydrogen-bond acceptors (Lipinski definition) is 3. The Balaban J connectivity index is 2.38. The Hall–Kier alpha value is -1.85. The fraction of sp³-hybridized carbons (Fsp3) is 0.667. The van der Waals surface area contributed by atoms with E-state index in [1.54, 1.807) is 17.9 Å². The minimum absolute atomic E-state index is 0.222. The zero-order valence-corrected chi connectivity index (χ0v) is 13.1. The van der Waals surface area contributed by atoms with Crippen molar-refractivity contribution in [2.45, 2.75) is 46.1 Å². The van der Waals surface area contributed by atoms with Crippen LogP contribution in [0.25, 0.3) is 0 Å². The number of hydrogen-bond donors (Lipinski definition) is 1. The fourth-order valence-electron chi connectivity index (χ4n) is 3.21. The topological polar surface area (TPSA) is 75.4 Å². The molecule has 0 aromatic carbocycles.